The summed E-state index contributed by atoms with van der Waals surface area (Å²) in [5.74, 6) is 0.840. The average Bonchev–Trinajstić information content (AvgIpc) is 2.46. The fraction of sp³-hybridized carbons (Fsp3) is 0.250. The summed E-state index contributed by atoms with van der Waals surface area (Å²) in [5.41, 5.74) is 9.79. The Kier molecular flexibility index (Phi) is 4.00. The van der Waals surface area contributed by atoms with Crippen LogP contribution in [0.15, 0.2) is 48.5 Å². The highest BCUT2D eigenvalue weighted by molar-refractivity contribution is 5.42. The highest BCUT2D eigenvalue weighted by Crippen LogP contribution is 2.28. The lowest BCUT2D eigenvalue weighted by atomic mass is 9.97. The van der Waals surface area contributed by atoms with E-state index in [0.29, 0.717) is 0 Å². The van der Waals surface area contributed by atoms with Crippen LogP contribution >= 0.6 is 0 Å². The minimum atomic E-state index is -0.146. The van der Waals surface area contributed by atoms with E-state index < -0.39 is 0 Å². The van der Waals surface area contributed by atoms with Crippen LogP contribution in [-0.4, -0.2) is 7.11 Å². The zero-order valence-corrected chi connectivity index (χ0v) is 10.9. The minimum Gasteiger partial charge on any atom is -0.496 e. The van der Waals surface area contributed by atoms with E-state index >= 15 is 0 Å². The third kappa shape index (κ3) is 2.54. The Balaban J connectivity index is 2.37. The van der Waals surface area contributed by atoms with Crippen LogP contribution in [0.3, 0.4) is 0 Å². The van der Waals surface area contributed by atoms with E-state index in [1.165, 1.54) is 5.56 Å². The quantitative estimate of drug-likeness (QED) is 0.891. The van der Waals surface area contributed by atoms with Gasteiger partial charge in [0, 0.05) is 5.56 Å². The Morgan fingerprint density at radius 3 is 2.61 bits per heavy atom. The number of hydrogen-bond acceptors (Lipinski definition) is 2. The standard InChI is InChI=1S/C16H19NO/c1-3-12-7-6-8-13(11-12)16(17)14-9-4-5-10-15(14)18-2/h4-11,16H,3,17H2,1-2H3. The van der Waals surface area contributed by atoms with E-state index in [2.05, 4.69) is 31.2 Å². The Bertz CT molecular complexity index is 522. The summed E-state index contributed by atoms with van der Waals surface area (Å²) in [7, 11) is 1.67. The van der Waals surface area contributed by atoms with Gasteiger partial charge < -0.3 is 10.5 Å². The minimum absolute atomic E-state index is 0.146. The molecule has 0 aliphatic heterocycles. The third-order valence-corrected chi connectivity index (χ3v) is 3.19. The Labute approximate surface area is 108 Å². The molecule has 0 radical (unpaired) electrons. The molecule has 0 aliphatic rings. The first-order valence-corrected chi connectivity index (χ1v) is 6.23. The second-order valence-corrected chi connectivity index (χ2v) is 4.32. The van der Waals surface area contributed by atoms with Gasteiger partial charge in [-0.25, -0.2) is 0 Å². The highest BCUT2D eigenvalue weighted by Gasteiger charge is 2.13. The molecule has 1 unspecified atom stereocenters. The second-order valence-electron chi connectivity index (χ2n) is 4.32. The number of para-hydroxylation sites is 1. The molecule has 2 heteroatoms. The van der Waals surface area contributed by atoms with Gasteiger partial charge in [0.05, 0.1) is 13.2 Å². The van der Waals surface area contributed by atoms with Crippen LogP contribution in [0.2, 0.25) is 0 Å². The lowest BCUT2D eigenvalue weighted by molar-refractivity contribution is 0.408. The number of methoxy groups -OCH3 is 1. The summed E-state index contributed by atoms with van der Waals surface area (Å²) >= 11 is 0. The molecule has 0 fully saturated rings. The SMILES string of the molecule is CCc1cccc(C(N)c2ccccc2OC)c1. The normalized spacial score (nSPS) is 12.2. The Hall–Kier alpha value is -1.80. The monoisotopic (exact) mass is 241 g/mol. The van der Waals surface area contributed by atoms with Gasteiger partial charge in [-0.1, -0.05) is 49.4 Å². The summed E-state index contributed by atoms with van der Waals surface area (Å²) < 4.78 is 5.36. The van der Waals surface area contributed by atoms with Crippen LogP contribution in [0.1, 0.15) is 29.7 Å². The predicted molar refractivity (Wildman–Crippen MR) is 74.8 cm³/mol. The van der Waals surface area contributed by atoms with Gasteiger partial charge in [0.2, 0.25) is 0 Å². The van der Waals surface area contributed by atoms with Gasteiger partial charge in [0.15, 0.2) is 0 Å². The molecule has 0 saturated carbocycles. The van der Waals surface area contributed by atoms with Gasteiger partial charge in [0.1, 0.15) is 5.75 Å². The van der Waals surface area contributed by atoms with Crippen LogP contribution in [0.4, 0.5) is 0 Å². The highest BCUT2D eigenvalue weighted by atomic mass is 16.5. The van der Waals surface area contributed by atoms with Gasteiger partial charge in [-0.3, -0.25) is 0 Å². The van der Waals surface area contributed by atoms with E-state index in [1.54, 1.807) is 7.11 Å². The van der Waals surface area contributed by atoms with Crippen molar-refractivity contribution in [2.45, 2.75) is 19.4 Å². The van der Waals surface area contributed by atoms with Crippen LogP contribution in [0, 0.1) is 0 Å². The van der Waals surface area contributed by atoms with Gasteiger partial charge in [-0.15, -0.1) is 0 Å². The van der Waals surface area contributed by atoms with E-state index in [0.717, 1.165) is 23.3 Å². The lowest BCUT2D eigenvalue weighted by Gasteiger charge is -2.16. The Morgan fingerprint density at radius 2 is 1.89 bits per heavy atom. The van der Waals surface area contributed by atoms with Crippen LogP contribution < -0.4 is 10.5 Å². The van der Waals surface area contributed by atoms with Crippen molar-refractivity contribution in [3.8, 4) is 5.75 Å². The maximum absolute atomic E-state index is 6.34. The molecule has 2 aromatic rings. The molecular formula is C16H19NO. The van der Waals surface area contributed by atoms with Crippen molar-refractivity contribution in [2.24, 2.45) is 5.73 Å². The molecule has 0 aliphatic carbocycles. The zero-order valence-electron chi connectivity index (χ0n) is 10.9. The van der Waals surface area contributed by atoms with Crippen molar-refractivity contribution >= 4 is 0 Å². The van der Waals surface area contributed by atoms with Crippen molar-refractivity contribution in [3.05, 3.63) is 65.2 Å². The maximum Gasteiger partial charge on any atom is 0.123 e. The van der Waals surface area contributed by atoms with Crippen molar-refractivity contribution in [1.29, 1.82) is 0 Å². The van der Waals surface area contributed by atoms with Crippen LogP contribution in [-0.2, 0) is 6.42 Å². The molecule has 2 rings (SSSR count). The summed E-state index contributed by atoms with van der Waals surface area (Å²) in [6.45, 7) is 2.15. The number of nitrogens with two attached hydrogens (primary N) is 1. The second kappa shape index (κ2) is 5.69. The molecule has 94 valence electrons. The topological polar surface area (TPSA) is 35.2 Å². The first-order valence-electron chi connectivity index (χ1n) is 6.23. The smallest absolute Gasteiger partial charge is 0.123 e. The number of benzene rings is 2. The van der Waals surface area contributed by atoms with Crippen molar-refractivity contribution in [2.75, 3.05) is 7.11 Å². The summed E-state index contributed by atoms with van der Waals surface area (Å²) in [6, 6.07) is 16.2. The first kappa shape index (κ1) is 12.7. The van der Waals surface area contributed by atoms with Crippen molar-refractivity contribution in [3.63, 3.8) is 0 Å². The zero-order chi connectivity index (χ0) is 13.0. The molecule has 0 bridgehead atoms. The largest absolute Gasteiger partial charge is 0.496 e. The fourth-order valence-corrected chi connectivity index (χ4v) is 2.11. The average molecular weight is 241 g/mol. The third-order valence-electron chi connectivity index (χ3n) is 3.19. The van der Waals surface area contributed by atoms with Gasteiger partial charge >= 0.3 is 0 Å². The molecule has 0 aromatic heterocycles. The summed E-state index contributed by atoms with van der Waals surface area (Å²) in [6.07, 6.45) is 1.02. The lowest BCUT2D eigenvalue weighted by Crippen LogP contribution is -2.13. The van der Waals surface area contributed by atoms with Gasteiger partial charge in [0.25, 0.3) is 0 Å². The van der Waals surface area contributed by atoms with E-state index in [4.69, 9.17) is 10.5 Å². The van der Waals surface area contributed by atoms with Gasteiger partial charge in [-0.05, 0) is 23.6 Å². The Morgan fingerprint density at radius 1 is 1.11 bits per heavy atom. The molecule has 0 saturated heterocycles. The number of ether oxygens (including phenoxy) is 1. The molecule has 0 amide bonds. The van der Waals surface area contributed by atoms with E-state index in [-0.39, 0.29) is 6.04 Å². The molecule has 2 aromatic carbocycles. The molecule has 0 spiro atoms. The number of hydrogen-bond donors (Lipinski definition) is 1. The fourth-order valence-electron chi connectivity index (χ4n) is 2.11. The van der Waals surface area contributed by atoms with Gasteiger partial charge in [-0.2, -0.15) is 0 Å². The maximum atomic E-state index is 6.34. The molecular weight excluding hydrogens is 222 g/mol. The van der Waals surface area contributed by atoms with Crippen LogP contribution in [0.5, 0.6) is 5.75 Å². The molecule has 0 heterocycles. The van der Waals surface area contributed by atoms with E-state index in [1.807, 2.05) is 24.3 Å². The number of aryl methyl sites for hydroxylation is 1. The van der Waals surface area contributed by atoms with Crippen molar-refractivity contribution < 1.29 is 4.74 Å². The first-order chi connectivity index (χ1) is 8.76. The van der Waals surface area contributed by atoms with Crippen LogP contribution in [0.25, 0.3) is 0 Å². The number of rotatable bonds is 4. The predicted octanol–water partition coefficient (Wildman–Crippen LogP) is 3.31. The summed E-state index contributed by atoms with van der Waals surface area (Å²) in [5, 5.41) is 0. The molecule has 2 nitrogen and oxygen atoms in total. The molecule has 2 N–H and O–H groups in total. The molecule has 18 heavy (non-hydrogen) atoms. The van der Waals surface area contributed by atoms with E-state index in [9.17, 15) is 0 Å². The molecule has 1 atom stereocenters. The van der Waals surface area contributed by atoms with Crippen molar-refractivity contribution in [1.82, 2.24) is 0 Å². The summed E-state index contributed by atoms with van der Waals surface area (Å²) in [4.78, 5) is 0.